The zero-order valence-electron chi connectivity index (χ0n) is 8.75. The van der Waals surface area contributed by atoms with Crippen LogP contribution in [0.1, 0.15) is 13.3 Å². The van der Waals surface area contributed by atoms with Crippen molar-refractivity contribution in [3.63, 3.8) is 0 Å². The monoisotopic (exact) mass is 191 g/mol. The Morgan fingerprint density at radius 2 is 1.85 bits per heavy atom. The maximum absolute atomic E-state index is 9.33. The lowest BCUT2D eigenvalue weighted by Crippen LogP contribution is -2.39. The van der Waals surface area contributed by atoms with Gasteiger partial charge in [0, 0.05) is 26.8 Å². The molecule has 80 valence electrons. The first-order valence-corrected chi connectivity index (χ1v) is 4.63. The van der Waals surface area contributed by atoms with Gasteiger partial charge in [-0.3, -0.25) is 0 Å². The van der Waals surface area contributed by atoms with Gasteiger partial charge in [0.15, 0.2) is 0 Å². The molecular weight excluding hydrogens is 170 g/mol. The summed E-state index contributed by atoms with van der Waals surface area (Å²) < 4.78 is 9.82. The summed E-state index contributed by atoms with van der Waals surface area (Å²) in [5.74, 6) is 0. The van der Waals surface area contributed by atoms with Crippen LogP contribution >= 0.6 is 0 Å². The smallest absolute Gasteiger partial charge is 0.0897 e. The summed E-state index contributed by atoms with van der Waals surface area (Å²) in [6.07, 6.45) is 0.559. The largest absolute Gasteiger partial charge is 0.389 e. The van der Waals surface area contributed by atoms with Crippen molar-refractivity contribution in [2.45, 2.75) is 25.5 Å². The van der Waals surface area contributed by atoms with E-state index in [4.69, 9.17) is 9.47 Å². The highest BCUT2D eigenvalue weighted by Gasteiger charge is 2.08. The predicted molar refractivity (Wildman–Crippen MR) is 51.8 cm³/mol. The van der Waals surface area contributed by atoms with Gasteiger partial charge in [-0.2, -0.15) is 0 Å². The van der Waals surface area contributed by atoms with Crippen molar-refractivity contribution in [3.05, 3.63) is 0 Å². The van der Waals surface area contributed by atoms with Crippen LogP contribution in [0.3, 0.4) is 0 Å². The highest BCUT2D eigenvalue weighted by molar-refractivity contribution is 4.67. The molecule has 0 spiro atoms. The van der Waals surface area contributed by atoms with Gasteiger partial charge in [0.25, 0.3) is 0 Å². The van der Waals surface area contributed by atoms with Crippen LogP contribution in [-0.4, -0.2) is 51.2 Å². The molecule has 4 heteroatoms. The zero-order valence-corrected chi connectivity index (χ0v) is 8.75. The summed E-state index contributed by atoms with van der Waals surface area (Å²) in [5.41, 5.74) is 0. The Labute approximate surface area is 80.2 Å². The fourth-order valence-corrected chi connectivity index (χ4v) is 1.08. The quantitative estimate of drug-likeness (QED) is 0.567. The van der Waals surface area contributed by atoms with Crippen molar-refractivity contribution in [1.29, 1.82) is 0 Å². The molecule has 0 aliphatic rings. The van der Waals surface area contributed by atoms with Crippen molar-refractivity contribution in [2.75, 3.05) is 34.0 Å². The Morgan fingerprint density at radius 3 is 2.31 bits per heavy atom. The van der Waals surface area contributed by atoms with Crippen molar-refractivity contribution in [3.8, 4) is 0 Å². The van der Waals surface area contributed by atoms with Gasteiger partial charge in [0.05, 0.1) is 19.3 Å². The molecule has 0 aliphatic heterocycles. The van der Waals surface area contributed by atoms with Crippen LogP contribution in [0, 0.1) is 0 Å². The second kappa shape index (κ2) is 8.44. The van der Waals surface area contributed by atoms with E-state index in [2.05, 4.69) is 12.2 Å². The summed E-state index contributed by atoms with van der Waals surface area (Å²) in [4.78, 5) is 0. The third-order valence-electron chi connectivity index (χ3n) is 1.86. The van der Waals surface area contributed by atoms with Crippen molar-refractivity contribution in [2.24, 2.45) is 0 Å². The second-order valence-electron chi connectivity index (χ2n) is 3.08. The predicted octanol–water partition coefficient (Wildman–Crippen LogP) is 0.00830. The molecular formula is C9H21NO3. The van der Waals surface area contributed by atoms with E-state index < -0.39 is 6.10 Å². The third-order valence-corrected chi connectivity index (χ3v) is 1.86. The van der Waals surface area contributed by atoms with Gasteiger partial charge in [-0.25, -0.2) is 0 Å². The summed E-state index contributed by atoms with van der Waals surface area (Å²) in [5, 5.41) is 12.5. The summed E-state index contributed by atoms with van der Waals surface area (Å²) in [6.45, 7) is 3.68. The molecule has 4 nitrogen and oxygen atoms in total. The first-order valence-electron chi connectivity index (χ1n) is 4.63. The molecule has 0 bridgehead atoms. The first-order chi connectivity index (χ1) is 6.24. The van der Waals surface area contributed by atoms with E-state index >= 15 is 0 Å². The Hall–Kier alpha value is -0.160. The van der Waals surface area contributed by atoms with E-state index in [1.54, 1.807) is 14.2 Å². The summed E-state index contributed by atoms with van der Waals surface area (Å²) >= 11 is 0. The van der Waals surface area contributed by atoms with Gasteiger partial charge in [-0.15, -0.1) is 0 Å². The van der Waals surface area contributed by atoms with Crippen molar-refractivity contribution < 1.29 is 14.6 Å². The number of hydrogen-bond donors (Lipinski definition) is 2. The number of aliphatic hydroxyl groups excluding tert-OH is 1. The molecule has 0 saturated carbocycles. The van der Waals surface area contributed by atoms with Crippen LogP contribution in [0.4, 0.5) is 0 Å². The van der Waals surface area contributed by atoms with Gasteiger partial charge in [-0.1, -0.05) is 6.92 Å². The Balaban J connectivity index is 3.46. The maximum Gasteiger partial charge on any atom is 0.0897 e. The van der Waals surface area contributed by atoms with Gasteiger partial charge >= 0.3 is 0 Å². The number of methoxy groups -OCH3 is 2. The number of hydrogen-bond acceptors (Lipinski definition) is 4. The van der Waals surface area contributed by atoms with Crippen LogP contribution < -0.4 is 5.32 Å². The van der Waals surface area contributed by atoms with Crippen LogP contribution in [0.15, 0.2) is 0 Å². The van der Waals surface area contributed by atoms with E-state index in [-0.39, 0.29) is 0 Å². The fraction of sp³-hybridized carbons (Fsp3) is 1.00. The van der Waals surface area contributed by atoms with Crippen molar-refractivity contribution >= 4 is 0 Å². The lowest BCUT2D eigenvalue weighted by atomic mass is 10.2. The first kappa shape index (κ1) is 12.8. The van der Waals surface area contributed by atoms with Crippen LogP contribution in [0.5, 0.6) is 0 Å². The molecule has 2 N–H and O–H groups in total. The second-order valence-corrected chi connectivity index (χ2v) is 3.08. The normalized spacial score (nSPS) is 15.7. The molecule has 0 aromatic carbocycles. The average Bonchev–Trinajstić information content (AvgIpc) is 2.12. The minimum absolute atomic E-state index is 0.316. The molecule has 0 heterocycles. The molecule has 0 fully saturated rings. The Kier molecular flexibility index (Phi) is 8.33. The van der Waals surface area contributed by atoms with E-state index in [1.807, 2.05) is 0 Å². The van der Waals surface area contributed by atoms with Crippen LogP contribution in [0.25, 0.3) is 0 Å². The molecule has 0 saturated heterocycles. The lowest BCUT2D eigenvalue weighted by Gasteiger charge is -2.18. The average molecular weight is 191 g/mol. The number of nitrogens with one attached hydrogen (secondary N) is 1. The molecule has 0 aliphatic carbocycles. The van der Waals surface area contributed by atoms with Gasteiger partial charge in [-0.05, 0) is 6.42 Å². The molecule has 0 radical (unpaired) electrons. The Bertz CT molecular complexity index is 111. The van der Waals surface area contributed by atoms with Gasteiger partial charge in [0.2, 0.25) is 0 Å². The molecule has 0 aromatic heterocycles. The molecule has 2 atom stereocenters. The van der Waals surface area contributed by atoms with Crippen LogP contribution in [-0.2, 0) is 9.47 Å². The fourth-order valence-electron chi connectivity index (χ4n) is 1.08. The van der Waals surface area contributed by atoms with E-state index in [0.717, 1.165) is 6.42 Å². The van der Waals surface area contributed by atoms with E-state index in [0.29, 0.717) is 25.8 Å². The molecule has 0 aromatic rings. The Morgan fingerprint density at radius 1 is 1.23 bits per heavy atom. The van der Waals surface area contributed by atoms with Gasteiger partial charge in [0.1, 0.15) is 0 Å². The number of ether oxygens (including phenoxy) is 2. The highest BCUT2D eigenvalue weighted by Crippen LogP contribution is 1.92. The van der Waals surface area contributed by atoms with Crippen LogP contribution in [0.2, 0.25) is 0 Å². The maximum atomic E-state index is 9.33. The third kappa shape index (κ3) is 6.95. The topological polar surface area (TPSA) is 50.7 Å². The number of rotatable bonds is 8. The highest BCUT2D eigenvalue weighted by atomic mass is 16.5. The lowest BCUT2D eigenvalue weighted by molar-refractivity contribution is 0.0592. The van der Waals surface area contributed by atoms with E-state index in [9.17, 15) is 5.11 Å². The minimum Gasteiger partial charge on any atom is -0.389 e. The molecule has 0 rings (SSSR count). The summed E-state index contributed by atoms with van der Waals surface area (Å²) in [7, 11) is 3.26. The zero-order chi connectivity index (χ0) is 10.1. The molecule has 0 amide bonds. The summed E-state index contributed by atoms with van der Waals surface area (Å²) in [6, 6.07) is 0.316. The molecule has 2 unspecified atom stereocenters. The minimum atomic E-state index is -0.434. The van der Waals surface area contributed by atoms with Crippen molar-refractivity contribution in [1.82, 2.24) is 5.32 Å². The SMILES string of the molecule is CCC(COC)NCC(O)COC. The molecule has 13 heavy (non-hydrogen) atoms. The van der Waals surface area contributed by atoms with E-state index in [1.165, 1.54) is 0 Å². The number of aliphatic hydroxyl groups is 1. The standard InChI is InChI=1S/C9H21NO3/c1-4-8(6-12-2)10-5-9(11)7-13-3/h8-11H,4-7H2,1-3H3. The van der Waals surface area contributed by atoms with Gasteiger partial charge < -0.3 is 19.9 Å².